The zero-order valence-corrected chi connectivity index (χ0v) is 17.1. The van der Waals surface area contributed by atoms with E-state index in [4.69, 9.17) is 5.73 Å². The van der Waals surface area contributed by atoms with Gasteiger partial charge in [-0.25, -0.2) is 5.48 Å². The summed E-state index contributed by atoms with van der Waals surface area (Å²) >= 11 is 0. The molecule has 12 heteroatoms. The first-order chi connectivity index (χ1) is 13.5. The number of rotatable bonds is 13. The monoisotopic (exact) mass is 417 g/mol. The van der Waals surface area contributed by atoms with Crippen LogP contribution in [0.4, 0.5) is 0 Å². The maximum atomic E-state index is 12.4. The van der Waals surface area contributed by atoms with Crippen molar-refractivity contribution in [3.05, 3.63) is 0 Å². The second-order valence-corrected chi connectivity index (χ2v) is 6.86. The topological polar surface area (TPSA) is 189 Å². The molecular formula is C17H31N5O7. The predicted octanol–water partition coefficient (Wildman–Crippen LogP) is -2.56. The summed E-state index contributed by atoms with van der Waals surface area (Å²) in [5, 5.41) is 16.7. The van der Waals surface area contributed by atoms with Gasteiger partial charge >= 0.3 is 0 Å². The summed E-state index contributed by atoms with van der Waals surface area (Å²) < 4.78 is 0. The molecule has 0 fully saturated rings. The summed E-state index contributed by atoms with van der Waals surface area (Å²) in [6, 6.07) is -3.45. The summed E-state index contributed by atoms with van der Waals surface area (Å²) in [7, 11) is 1.19. The average Bonchev–Trinajstić information content (AvgIpc) is 2.61. The van der Waals surface area contributed by atoms with Gasteiger partial charge in [0.25, 0.3) is 5.91 Å². The average molecular weight is 417 g/mol. The number of hydrogen-bond donors (Lipinski definition) is 6. The molecule has 0 aromatic heterocycles. The van der Waals surface area contributed by atoms with Crippen LogP contribution in [0.15, 0.2) is 0 Å². The van der Waals surface area contributed by atoms with Gasteiger partial charge in [0, 0.05) is 13.3 Å². The van der Waals surface area contributed by atoms with Crippen molar-refractivity contribution in [1.29, 1.82) is 0 Å². The van der Waals surface area contributed by atoms with Crippen molar-refractivity contribution in [3.8, 4) is 0 Å². The molecule has 0 aromatic carbocycles. The van der Waals surface area contributed by atoms with Crippen LogP contribution in [-0.4, -0.2) is 66.5 Å². The fourth-order valence-corrected chi connectivity index (χ4v) is 2.41. The second-order valence-electron chi connectivity index (χ2n) is 6.86. The molecule has 0 rings (SSSR count). The summed E-state index contributed by atoms with van der Waals surface area (Å²) in [6.07, 6.45) is 0.0319. The number of carbonyl (C=O) groups excluding carboxylic acids is 5. The van der Waals surface area contributed by atoms with Crippen molar-refractivity contribution in [1.82, 2.24) is 21.4 Å². The van der Waals surface area contributed by atoms with Gasteiger partial charge in [0.2, 0.25) is 23.6 Å². The lowest BCUT2D eigenvalue weighted by molar-refractivity contribution is -0.138. The maximum Gasteiger partial charge on any atom is 0.266 e. The van der Waals surface area contributed by atoms with Crippen molar-refractivity contribution in [3.63, 3.8) is 0 Å². The largest absolute Gasteiger partial charge is 0.394 e. The molecule has 3 atom stereocenters. The van der Waals surface area contributed by atoms with E-state index in [9.17, 15) is 29.1 Å². The fraction of sp³-hybridized carbons (Fsp3) is 0.706. The highest BCUT2D eigenvalue weighted by Crippen LogP contribution is 2.06. The summed E-state index contributed by atoms with van der Waals surface area (Å²) in [4.78, 5) is 63.7. The van der Waals surface area contributed by atoms with Crippen LogP contribution in [0.25, 0.3) is 0 Å². The minimum atomic E-state index is -1.38. The van der Waals surface area contributed by atoms with Gasteiger partial charge in [-0.2, -0.15) is 0 Å². The van der Waals surface area contributed by atoms with Crippen molar-refractivity contribution in [2.45, 2.75) is 58.2 Å². The van der Waals surface area contributed by atoms with E-state index in [2.05, 4.69) is 20.8 Å². The van der Waals surface area contributed by atoms with E-state index < -0.39 is 54.3 Å². The highest BCUT2D eigenvalue weighted by molar-refractivity contribution is 5.94. The van der Waals surface area contributed by atoms with E-state index in [0.717, 1.165) is 0 Å². The van der Waals surface area contributed by atoms with Gasteiger partial charge in [-0.15, -0.1) is 0 Å². The predicted molar refractivity (Wildman–Crippen MR) is 102 cm³/mol. The third-order valence-electron chi connectivity index (χ3n) is 3.73. The van der Waals surface area contributed by atoms with Crippen LogP contribution in [-0.2, 0) is 28.8 Å². The minimum Gasteiger partial charge on any atom is -0.394 e. The Morgan fingerprint density at radius 1 is 0.931 bits per heavy atom. The standard InChI is InChI=1S/C17H31N5O7/c1-9(2)7-12(19-10(3)24)15(26)21-13(8-23)16(27)20-11(5-6-14(18)25)17(28)22-29-4/h9,11-13,23H,5-8H2,1-4H3,(H2,18,25)(H,19,24)(H,20,27)(H,21,26)(H,22,28)/t11-,12-,13-/m0/s1. The van der Waals surface area contributed by atoms with Crippen LogP contribution in [0.5, 0.6) is 0 Å². The lowest BCUT2D eigenvalue weighted by Gasteiger charge is -2.24. The number of aliphatic hydroxyl groups is 1. The molecule has 0 heterocycles. The Labute approximate surface area is 169 Å². The molecule has 29 heavy (non-hydrogen) atoms. The van der Waals surface area contributed by atoms with E-state index in [-0.39, 0.29) is 18.8 Å². The Morgan fingerprint density at radius 2 is 1.48 bits per heavy atom. The zero-order chi connectivity index (χ0) is 22.6. The van der Waals surface area contributed by atoms with Gasteiger partial charge in [0.1, 0.15) is 18.1 Å². The number of hydroxylamine groups is 1. The second kappa shape index (κ2) is 13.4. The van der Waals surface area contributed by atoms with Crippen LogP contribution in [0.1, 0.15) is 40.0 Å². The van der Waals surface area contributed by atoms with Crippen LogP contribution in [0.2, 0.25) is 0 Å². The number of hydrogen-bond acceptors (Lipinski definition) is 7. The molecule has 12 nitrogen and oxygen atoms in total. The Balaban J connectivity index is 5.16. The first kappa shape index (κ1) is 26.3. The molecule has 0 aromatic rings. The fourth-order valence-electron chi connectivity index (χ4n) is 2.41. The summed E-state index contributed by atoms with van der Waals surface area (Å²) in [5.74, 6) is -3.26. The lowest BCUT2D eigenvalue weighted by atomic mass is 10.0. The Morgan fingerprint density at radius 3 is 1.93 bits per heavy atom. The molecule has 0 aliphatic carbocycles. The number of amides is 5. The van der Waals surface area contributed by atoms with Crippen LogP contribution in [0.3, 0.4) is 0 Å². The third kappa shape index (κ3) is 11.0. The van der Waals surface area contributed by atoms with E-state index in [0.29, 0.717) is 6.42 Å². The quantitative estimate of drug-likeness (QED) is 0.178. The minimum absolute atomic E-state index is 0.0786. The Bertz CT molecular complexity index is 597. The Kier molecular flexibility index (Phi) is 12.2. The zero-order valence-electron chi connectivity index (χ0n) is 17.1. The molecular weight excluding hydrogens is 386 g/mol. The van der Waals surface area contributed by atoms with Crippen LogP contribution >= 0.6 is 0 Å². The van der Waals surface area contributed by atoms with Crippen molar-refractivity contribution >= 4 is 29.5 Å². The normalized spacial score (nSPS) is 13.7. The number of aliphatic hydroxyl groups excluding tert-OH is 1. The van der Waals surface area contributed by atoms with E-state index in [1.54, 1.807) is 0 Å². The van der Waals surface area contributed by atoms with Gasteiger partial charge < -0.3 is 26.8 Å². The van der Waals surface area contributed by atoms with Crippen molar-refractivity contribution < 1.29 is 33.9 Å². The van der Waals surface area contributed by atoms with Crippen LogP contribution in [0, 0.1) is 5.92 Å². The maximum absolute atomic E-state index is 12.4. The molecule has 0 aliphatic rings. The summed E-state index contributed by atoms with van der Waals surface area (Å²) in [5.41, 5.74) is 7.09. The third-order valence-corrected chi connectivity index (χ3v) is 3.73. The molecule has 0 saturated carbocycles. The van der Waals surface area contributed by atoms with Crippen molar-refractivity contribution in [2.75, 3.05) is 13.7 Å². The molecule has 0 spiro atoms. The Hall–Kier alpha value is -2.73. The molecule has 5 amide bonds. The molecule has 0 saturated heterocycles. The number of nitrogens with one attached hydrogen (secondary N) is 4. The van der Waals surface area contributed by atoms with E-state index >= 15 is 0 Å². The van der Waals surface area contributed by atoms with Gasteiger partial charge in [0.15, 0.2) is 0 Å². The summed E-state index contributed by atoms with van der Waals surface area (Å²) in [6.45, 7) is 4.22. The highest BCUT2D eigenvalue weighted by Gasteiger charge is 2.29. The van der Waals surface area contributed by atoms with Gasteiger partial charge in [0.05, 0.1) is 13.7 Å². The number of primary amides is 1. The van der Waals surface area contributed by atoms with E-state index in [1.807, 2.05) is 19.3 Å². The molecule has 166 valence electrons. The van der Waals surface area contributed by atoms with Gasteiger partial charge in [-0.3, -0.25) is 28.8 Å². The molecule has 0 aliphatic heterocycles. The van der Waals surface area contributed by atoms with Crippen LogP contribution < -0.4 is 27.2 Å². The van der Waals surface area contributed by atoms with Gasteiger partial charge in [-0.1, -0.05) is 13.8 Å². The lowest BCUT2D eigenvalue weighted by Crippen LogP contribution is -2.58. The molecule has 0 bridgehead atoms. The SMILES string of the molecule is CONC(=O)[C@H](CCC(N)=O)NC(=O)[C@H](CO)NC(=O)[C@H](CC(C)C)NC(C)=O. The van der Waals surface area contributed by atoms with Crippen molar-refractivity contribution in [2.24, 2.45) is 11.7 Å². The molecule has 0 radical (unpaired) electrons. The first-order valence-corrected chi connectivity index (χ1v) is 9.11. The number of nitrogens with two attached hydrogens (primary N) is 1. The van der Waals surface area contributed by atoms with Gasteiger partial charge in [-0.05, 0) is 18.8 Å². The first-order valence-electron chi connectivity index (χ1n) is 9.11. The van der Waals surface area contributed by atoms with E-state index in [1.165, 1.54) is 14.0 Å². The highest BCUT2D eigenvalue weighted by atomic mass is 16.6. The molecule has 7 N–H and O–H groups in total. The molecule has 0 unspecified atom stereocenters. The number of carbonyl (C=O) groups is 5. The smallest absolute Gasteiger partial charge is 0.266 e.